The van der Waals surface area contributed by atoms with Crippen LogP contribution in [0.2, 0.25) is 0 Å². The molecule has 0 aliphatic rings. The number of thioether (sulfide) groups is 1. The minimum atomic E-state index is -4.48. The number of ketones is 1. The Labute approximate surface area is 198 Å². The summed E-state index contributed by atoms with van der Waals surface area (Å²) < 4.78 is 95.3. The molecule has 2 nitrogen and oxygen atoms in total. The fraction of sp³-hybridized carbons (Fsp3) is 0.120. The molecule has 0 bridgehead atoms. The smallest absolute Gasteiger partial charge is 0.294 e. The molecule has 3 aromatic carbocycles. The minimum absolute atomic E-state index is 0.0596. The standard InChI is InChI=1S/C25H14F7NOS/c1-35-24-21(28)19(26)17(20(27)22(24)29)10-18(34)14-9-13-3-2-4-16(23(13)33-11-14)12-5-7-15(8-6-12)25(30,31)32/h2-9,11H,10H2,1H3. The van der Waals surface area contributed by atoms with Crippen molar-refractivity contribution < 1.29 is 35.5 Å². The number of hydrogen-bond donors (Lipinski definition) is 0. The highest BCUT2D eigenvalue weighted by atomic mass is 32.2. The summed E-state index contributed by atoms with van der Waals surface area (Å²) in [5.41, 5.74) is -0.553. The first-order valence-corrected chi connectivity index (χ1v) is 11.2. The van der Waals surface area contributed by atoms with Crippen LogP contribution in [0.3, 0.4) is 0 Å². The number of benzene rings is 3. The van der Waals surface area contributed by atoms with E-state index in [0.717, 1.165) is 18.3 Å². The van der Waals surface area contributed by atoms with Crippen LogP contribution < -0.4 is 0 Å². The molecule has 0 saturated carbocycles. The van der Waals surface area contributed by atoms with E-state index in [1.165, 1.54) is 24.5 Å². The highest BCUT2D eigenvalue weighted by Gasteiger charge is 2.30. The second-order valence-corrected chi connectivity index (χ2v) is 8.36. The van der Waals surface area contributed by atoms with E-state index in [-0.39, 0.29) is 5.56 Å². The van der Waals surface area contributed by atoms with E-state index < -0.39 is 57.7 Å². The van der Waals surface area contributed by atoms with Crippen LogP contribution in [0.1, 0.15) is 21.5 Å². The second-order valence-electron chi connectivity index (χ2n) is 7.54. The van der Waals surface area contributed by atoms with Gasteiger partial charge in [-0.2, -0.15) is 13.2 Å². The monoisotopic (exact) mass is 509 g/mol. The van der Waals surface area contributed by atoms with Crippen LogP contribution in [-0.4, -0.2) is 17.0 Å². The molecule has 0 radical (unpaired) electrons. The van der Waals surface area contributed by atoms with Gasteiger partial charge in [0, 0.05) is 34.7 Å². The molecule has 0 saturated heterocycles. The largest absolute Gasteiger partial charge is 0.416 e. The first-order chi connectivity index (χ1) is 16.5. The Kier molecular flexibility index (Phi) is 6.59. The zero-order valence-corrected chi connectivity index (χ0v) is 18.6. The van der Waals surface area contributed by atoms with Crippen molar-refractivity contribution in [2.45, 2.75) is 17.5 Å². The molecule has 0 N–H and O–H groups in total. The van der Waals surface area contributed by atoms with Gasteiger partial charge in [0.1, 0.15) is 0 Å². The van der Waals surface area contributed by atoms with Crippen LogP contribution in [-0.2, 0) is 12.6 Å². The molecule has 1 heterocycles. The van der Waals surface area contributed by atoms with Crippen LogP contribution in [0.5, 0.6) is 0 Å². The number of alkyl halides is 3. The van der Waals surface area contributed by atoms with Gasteiger partial charge in [0.25, 0.3) is 0 Å². The van der Waals surface area contributed by atoms with Crippen molar-refractivity contribution in [3.05, 3.63) is 94.7 Å². The first-order valence-electron chi connectivity index (χ1n) is 10.0. The Bertz CT molecular complexity index is 1420. The number of rotatable bonds is 5. The molecule has 180 valence electrons. The third-order valence-corrected chi connectivity index (χ3v) is 6.18. The van der Waals surface area contributed by atoms with E-state index in [1.807, 2.05) is 0 Å². The Morgan fingerprint density at radius 2 is 1.54 bits per heavy atom. The van der Waals surface area contributed by atoms with Gasteiger partial charge < -0.3 is 0 Å². The Morgan fingerprint density at radius 1 is 0.914 bits per heavy atom. The molecule has 1 aromatic heterocycles. The normalized spacial score (nSPS) is 11.8. The summed E-state index contributed by atoms with van der Waals surface area (Å²) in [6.45, 7) is 0. The molecule has 0 fully saturated rings. The number of fused-ring (bicyclic) bond motifs is 1. The molecule has 0 amide bonds. The number of pyridine rings is 1. The lowest BCUT2D eigenvalue weighted by Crippen LogP contribution is -2.12. The minimum Gasteiger partial charge on any atom is -0.294 e. The lowest BCUT2D eigenvalue weighted by atomic mass is 9.98. The van der Waals surface area contributed by atoms with E-state index in [4.69, 9.17) is 0 Å². The van der Waals surface area contributed by atoms with Crippen molar-refractivity contribution in [3.8, 4) is 11.1 Å². The fourth-order valence-electron chi connectivity index (χ4n) is 3.64. The molecule has 4 rings (SSSR count). The molecule has 0 spiro atoms. The molecule has 0 aliphatic carbocycles. The quantitative estimate of drug-likeness (QED) is 0.120. The number of hydrogen-bond acceptors (Lipinski definition) is 3. The van der Waals surface area contributed by atoms with Gasteiger partial charge in [-0.3, -0.25) is 9.78 Å². The lowest BCUT2D eigenvalue weighted by molar-refractivity contribution is -0.137. The van der Waals surface area contributed by atoms with Crippen LogP contribution in [0.15, 0.2) is 59.6 Å². The topological polar surface area (TPSA) is 30.0 Å². The number of carbonyl (C=O) groups is 1. The number of carbonyl (C=O) groups excluding carboxylic acids is 1. The summed E-state index contributed by atoms with van der Waals surface area (Å²) >= 11 is 0.497. The highest BCUT2D eigenvalue weighted by Crippen LogP contribution is 2.34. The van der Waals surface area contributed by atoms with Gasteiger partial charge in [0.15, 0.2) is 29.1 Å². The van der Waals surface area contributed by atoms with Gasteiger partial charge in [-0.05, 0) is 30.0 Å². The van der Waals surface area contributed by atoms with E-state index in [9.17, 15) is 35.5 Å². The molecule has 10 heteroatoms. The molecule has 0 atom stereocenters. The molecular weight excluding hydrogens is 495 g/mol. The van der Waals surface area contributed by atoms with E-state index in [1.54, 1.807) is 18.2 Å². The number of aromatic nitrogens is 1. The SMILES string of the molecule is CSc1c(F)c(F)c(CC(=O)c2cnc3c(-c4ccc(C(F)(F)F)cc4)cccc3c2)c(F)c1F. The van der Waals surface area contributed by atoms with Gasteiger partial charge in [-0.1, -0.05) is 30.3 Å². The Morgan fingerprint density at radius 3 is 2.11 bits per heavy atom. The predicted octanol–water partition coefficient (Wildman–Crippen LogP) is 7.62. The van der Waals surface area contributed by atoms with E-state index >= 15 is 0 Å². The summed E-state index contributed by atoms with van der Waals surface area (Å²) in [7, 11) is 0. The van der Waals surface area contributed by atoms with Crippen molar-refractivity contribution >= 4 is 28.4 Å². The highest BCUT2D eigenvalue weighted by molar-refractivity contribution is 7.98. The van der Waals surface area contributed by atoms with E-state index in [0.29, 0.717) is 33.8 Å². The summed E-state index contributed by atoms with van der Waals surface area (Å²) in [6, 6.07) is 10.7. The van der Waals surface area contributed by atoms with Crippen LogP contribution in [0.4, 0.5) is 30.7 Å². The summed E-state index contributed by atoms with van der Waals surface area (Å²) in [5, 5.41) is 0.435. The van der Waals surface area contributed by atoms with Gasteiger partial charge in [-0.25, -0.2) is 17.6 Å². The van der Waals surface area contributed by atoms with E-state index in [2.05, 4.69) is 4.98 Å². The average Bonchev–Trinajstić information content (AvgIpc) is 2.84. The van der Waals surface area contributed by atoms with Crippen molar-refractivity contribution in [1.29, 1.82) is 0 Å². The average molecular weight is 509 g/mol. The zero-order chi connectivity index (χ0) is 25.5. The second kappa shape index (κ2) is 9.33. The van der Waals surface area contributed by atoms with Crippen LogP contribution >= 0.6 is 11.8 Å². The molecule has 0 unspecified atom stereocenters. The molecular formula is C25H14F7NOS. The molecule has 0 aliphatic heterocycles. The number of Topliss-reactive ketones (excluding diaryl/α,β-unsaturated/α-hetero) is 1. The Hall–Kier alpha value is -3.40. The Balaban J connectivity index is 1.68. The maximum Gasteiger partial charge on any atom is 0.416 e. The number of para-hydroxylation sites is 1. The van der Waals surface area contributed by atoms with Gasteiger partial charge in [0.2, 0.25) is 0 Å². The predicted molar refractivity (Wildman–Crippen MR) is 118 cm³/mol. The third kappa shape index (κ3) is 4.62. The first kappa shape index (κ1) is 24.7. The molecule has 4 aromatic rings. The summed E-state index contributed by atoms with van der Waals surface area (Å²) in [4.78, 5) is 16.1. The van der Waals surface area contributed by atoms with Crippen molar-refractivity contribution in [2.24, 2.45) is 0 Å². The number of nitrogens with zero attached hydrogens (tertiary/aromatic N) is 1. The van der Waals surface area contributed by atoms with Crippen LogP contribution in [0.25, 0.3) is 22.0 Å². The van der Waals surface area contributed by atoms with Crippen molar-refractivity contribution in [2.75, 3.05) is 6.26 Å². The summed E-state index contributed by atoms with van der Waals surface area (Å²) in [5.74, 6) is -7.25. The number of halogens is 7. The summed E-state index contributed by atoms with van der Waals surface area (Å²) in [6.07, 6.45) is -3.03. The third-order valence-electron chi connectivity index (χ3n) is 5.41. The van der Waals surface area contributed by atoms with Crippen molar-refractivity contribution in [3.63, 3.8) is 0 Å². The van der Waals surface area contributed by atoms with Gasteiger partial charge in [0.05, 0.1) is 16.0 Å². The van der Waals surface area contributed by atoms with Crippen molar-refractivity contribution in [1.82, 2.24) is 4.98 Å². The lowest BCUT2D eigenvalue weighted by Gasteiger charge is -2.11. The van der Waals surface area contributed by atoms with Crippen LogP contribution in [0, 0.1) is 23.3 Å². The molecule has 35 heavy (non-hydrogen) atoms. The maximum atomic E-state index is 14.3. The van der Waals surface area contributed by atoms with Gasteiger partial charge in [-0.15, -0.1) is 11.8 Å². The maximum absolute atomic E-state index is 14.3. The van der Waals surface area contributed by atoms with Gasteiger partial charge >= 0.3 is 6.18 Å². The zero-order valence-electron chi connectivity index (χ0n) is 17.8. The fourth-order valence-corrected chi connectivity index (χ4v) is 4.18.